The number of nitrogens with zero attached hydrogens (tertiary/aromatic N) is 1. The maximum absolute atomic E-state index is 12.4. The number of fused-ring (bicyclic) bond motifs is 1. The molecule has 2 aliphatic rings. The summed E-state index contributed by atoms with van der Waals surface area (Å²) in [4.78, 5) is 25.1. The van der Waals surface area contributed by atoms with Gasteiger partial charge in [0.05, 0.1) is 12.2 Å². The van der Waals surface area contributed by atoms with Crippen LogP contribution in [0.25, 0.3) is 0 Å². The van der Waals surface area contributed by atoms with E-state index in [9.17, 15) is 9.59 Å². The Bertz CT molecular complexity index is 571. The van der Waals surface area contributed by atoms with Crippen molar-refractivity contribution in [3.05, 3.63) is 24.3 Å². The summed E-state index contributed by atoms with van der Waals surface area (Å²) >= 11 is 0. The number of benzene rings is 1. The Labute approximate surface area is 122 Å². The number of rotatable bonds is 3. The summed E-state index contributed by atoms with van der Waals surface area (Å²) in [6.45, 7) is 1.99. The van der Waals surface area contributed by atoms with E-state index in [-0.39, 0.29) is 18.6 Å². The number of anilines is 1. The molecule has 1 saturated carbocycles. The molecule has 1 aliphatic carbocycles. The van der Waals surface area contributed by atoms with Crippen molar-refractivity contribution in [2.75, 3.05) is 11.4 Å². The lowest BCUT2D eigenvalue weighted by Gasteiger charge is -2.33. The first-order valence-electron chi connectivity index (χ1n) is 7.13. The number of amides is 2. The van der Waals surface area contributed by atoms with Gasteiger partial charge in [-0.1, -0.05) is 12.1 Å². The van der Waals surface area contributed by atoms with Gasteiger partial charge in [-0.2, -0.15) is 0 Å². The molecule has 3 rings (SSSR count). The smallest absolute Gasteiger partial charge is 0.346 e. The van der Waals surface area contributed by atoms with E-state index in [1.807, 2.05) is 6.92 Å². The van der Waals surface area contributed by atoms with E-state index >= 15 is 0 Å². The number of carboxylic acids is 1. The van der Waals surface area contributed by atoms with Gasteiger partial charge in [0.1, 0.15) is 5.75 Å². The van der Waals surface area contributed by atoms with Gasteiger partial charge in [0, 0.05) is 6.04 Å². The fourth-order valence-electron chi connectivity index (χ4n) is 2.54. The highest BCUT2D eigenvalue weighted by Gasteiger charge is 2.35. The van der Waals surface area contributed by atoms with Crippen LogP contribution in [0.3, 0.4) is 0 Å². The molecule has 1 aromatic rings. The van der Waals surface area contributed by atoms with Gasteiger partial charge in [0.25, 0.3) is 0 Å². The number of carboxylic acid groups (broad SMARTS) is 1. The average Bonchev–Trinajstić information content (AvgIpc) is 3.30. The Morgan fingerprint density at radius 2 is 2.10 bits per heavy atom. The van der Waals surface area contributed by atoms with Crippen molar-refractivity contribution in [3.8, 4) is 5.75 Å². The van der Waals surface area contributed by atoms with Gasteiger partial charge in [-0.25, -0.2) is 9.59 Å². The Morgan fingerprint density at radius 1 is 1.38 bits per heavy atom. The quantitative estimate of drug-likeness (QED) is 0.890. The van der Waals surface area contributed by atoms with E-state index in [1.54, 1.807) is 24.3 Å². The average molecular weight is 290 g/mol. The summed E-state index contributed by atoms with van der Waals surface area (Å²) in [5, 5.41) is 12.1. The van der Waals surface area contributed by atoms with Crippen LogP contribution in [-0.4, -0.2) is 35.8 Å². The van der Waals surface area contributed by atoms with E-state index in [2.05, 4.69) is 5.32 Å². The van der Waals surface area contributed by atoms with Gasteiger partial charge in [-0.3, -0.25) is 4.90 Å². The van der Waals surface area contributed by atoms with Crippen molar-refractivity contribution in [2.24, 2.45) is 5.92 Å². The van der Waals surface area contributed by atoms with E-state index in [4.69, 9.17) is 9.84 Å². The molecular formula is C15H18N2O4. The molecule has 1 aromatic carbocycles. The highest BCUT2D eigenvalue weighted by molar-refractivity contribution is 5.95. The van der Waals surface area contributed by atoms with E-state index in [0.29, 0.717) is 17.4 Å². The number of carbonyl (C=O) groups excluding carboxylic acids is 1. The SMILES string of the molecule is CC(NC(=O)N1CC(C(=O)O)Oc2ccccc21)C1CC1. The number of urea groups is 1. The number of para-hydroxylation sites is 2. The van der Waals surface area contributed by atoms with Gasteiger partial charge in [0.2, 0.25) is 6.10 Å². The molecule has 0 radical (unpaired) electrons. The molecule has 1 heterocycles. The highest BCUT2D eigenvalue weighted by atomic mass is 16.5. The zero-order valence-electron chi connectivity index (χ0n) is 11.8. The van der Waals surface area contributed by atoms with Crippen molar-refractivity contribution >= 4 is 17.7 Å². The lowest BCUT2D eigenvalue weighted by molar-refractivity contribution is -0.144. The van der Waals surface area contributed by atoms with Crippen molar-refractivity contribution in [2.45, 2.75) is 31.9 Å². The number of hydrogen-bond acceptors (Lipinski definition) is 3. The van der Waals surface area contributed by atoms with Crippen LogP contribution in [0.2, 0.25) is 0 Å². The van der Waals surface area contributed by atoms with Crippen LogP contribution in [0.15, 0.2) is 24.3 Å². The molecule has 2 unspecified atom stereocenters. The summed E-state index contributed by atoms with van der Waals surface area (Å²) < 4.78 is 5.42. The molecule has 6 nitrogen and oxygen atoms in total. The highest BCUT2D eigenvalue weighted by Crippen LogP contribution is 2.35. The summed E-state index contributed by atoms with van der Waals surface area (Å²) in [6, 6.07) is 6.83. The first kappa shape index (κ1) is 13.7. The fourth-order valence-corrected chi connectivity index (χ4v) is 2.54. The molecule has 0 saturated heterocycles. The molecule has 0 spiro atoms. The Morgan fingerprint density at radius 3 is 2.76 bits per heavy atom. The predicted molar refractivity (Wildman–Crippen MR) is 76.6 cm³/mol. The van der Waals surface area contributed by atoms with Crippen molar-refractivity contribution in [1.82, 2.24) is 5.32 Å². The van der Waals surface area contributed by atoms with E-state index < -0.39 is 12.1 Å². The largest absolute Gasteiger partial charge is 0.478 e. The molecule has 2 N–H and O–H groups in total. The standard InChI is InChI=1S/C15H18N2O4/c1-9(10-6-7-10)16-15(20)17-8-13(14(18)19)21-12-5-3-2-4-11(12)17/h2-5,9-10,13H,6-8H2,1H3,(H,16,20)(H,18,19). The number of nitrogens with one attached hydrogen (secondary N) is 1. The maximum Gasteiger partial charge on any atom is 0.346 e. The monoisotopic (exact) mass is 290 g/mol. The topological polar surface area (TPSA) is 78.9 Å². The van der Waals surface area contributed by atoms with Gasteiger partial charge >= 0.3 is 12.0 Å². The molecule has 6 heteroatoms. The second-order valence-electron chi connectivity index (χ2n) is 5.60. The van der Waals surface area contributed by atoms with Gasteiger partial charge in [-0.15, -0.1) is 0 Å². The molecule has 2 amide bonds. The number of ether oxygens (including phenoxy) is 1. The molecule has 21 heavy (non-hydrogen) atoms. The van der Waals surface area contributed by atoms with Crippen LogP contribution in [0.1, 0.15) is 19.8 Å². The van der Waals surface area contributed by atoms with Gasteiger partial charge in [0.15, 0.2) is 0 Å². The van der Waals surface area contributed by atoms with Crippen LogP contribution < -0.4 is 15.0 Å². The lowest BCUT2D eigenvalue weighted by atomic mass is 10.2. The first-order chi connectivity index (χ1) is 10.1. The molecule has 0 aromatic heterocycles. The van der Waals surface area contributed by atoms with Crippen LogP contribution in [0, 0.1) is 5.92 Å². The second-order valence-corrected chi connectivity index (χ2v) is 5.60. The minimum Gasteiger partial charge on any atom is -0.478 e. The number of aliphatic carboxylic acids is 1. The Balaban J connectivity index is 1.81. The minimum atomic E-state index is -1.07. The van der Waals surface area contributed by atoms with Crippen molar-refractivity contribution < 1.29 is 19.4 Å². The number of hydrogen-bond donors (Lipinski definition) is 2. The van der Waals surface area contributed by atoms with Crippen molar-refractivity contribution in [1.29, 1.82) is 0 Å². The third kappa shape index (κ3) is 2.79. The molecule has 2 atom stereocenters. The normalized spacial score (nSPS) is 22.0. The van der Waals surface area contributed by atoms with Crippen LogP contribution in [0.4, 0.5) is 10.5 Å². The summed E-state index contributed by atoms with van der Waals surface area (Å²) in [5.41, 5.74) is 0.607. The zero-order chi connectivity index (χ0) is 15.0. The summed E-state index contributed by atoms with van der Waals surface area (Å²) in [6.07, 6.45) is 1.24. The predicted octanol–water partition coefficient (Wildman–Crippen LogP) is 1.85. The van der Waals surface area contributed by atoms with Crippen LogP contribution in [0.5, 0.6) is 5.75 Å². The van der Waals surface area contributed by atoms with Crippen molar-refractivity contribution in [3.63, 3.8) is 0 Å². The summed E-state index contributed by atoms with van der Waals surface area (Å²) in [7, 11) is 0. The van der Waals surface area contributed by atoms with Crippen LogP contribution >= 0.6 is 0 Å². The van der Waals surface area contributed by atoms with E-state index in [1.165, 1.54) is 4.90 Å². The third-order valence-corrected chi connectivity index (χ3v) is 3.97. The van der Waals surface area contributed by atoms with Gasteiger partial charge < -0.3 is 15.2 Å². The minimum absolute atomic E-state index is 0.00949. The maximum atomic E-state index is 12.4. The zero-order valence-corrected chi connectivity index (χ0v) is 11.8. The Kier molecular flexibility index (Phi) is 3.45. The first-order valence-corrected chi connectivity index (χ1v) is 7.13. The van der Waals surface area contributed by atoms with Crippen LogP contribution in [-0.2, 0) is 4.79 Å². The molecular weight excluding hydrogens is 272 g/mol. The fraction of sp³-hybridized carbons (Fsp3) is 0.467. The van der Waals surface area contributed by atoms with E-state index in [0.717, 1.165) is 12.8 Å². The third-order valence-electron chi connectivity index (χ3n) is 3.97. The second kappa shape index (κ2) is 5.27. The molecule has 1 aliphatic heterocycles. The molecule has 0 bridgehead atoms. The lowest BCUT2D eigenvalue weighted by Crippen LogP contribution is -2.52. The Hall–Kier alpha value is -2.24. The summed E-state index contributed by atoms with van der Waals surface area (Å²) in [5.74, 6) is -0.108. The molecule has 1 fully saturated rings. The molecule has 112 valence electrons. The van der Waals surface area contributed by atoms with Gasteiger partial charge in [-0.05, 0) is 37.8 Å². The number of carbonyl (C=O) groups is 2.